The van der Waals surface area contributed by atoms with Crippen LogP contribution in [0.1, 0.15) is 29.0 Å². The summed E-state index contributed by atoms with van der Waals surface area (Å²) in [5.74, 6) is 2.03. The summed E-state index contributed by atoms with van der Waals surface area (Å²) in [6, 6.07) is 15.7. The highest BCUT2D eigenvalue weighted by molar-refractivity contribution is 5.94. The van der Waals surface area contributed by atoms with Crippen molar-refractivity contribution in [2.24, 2.45) is 0 Å². The van der Waals surface area contributed by atoms with Gasteiger partial charge in [0.2, 0.25) is 5.91 Å². The number of carbonyl (C=O) groups is 1. The Kier molecular flexibility index (Phi) is 4.54. The Hall–Kier alpha value is -3.28. The van der Waals surface area contributed by atoms with Crippen molar-refractivity contribution in [2.45, 2.75) is 18.9 Å². The molecule has 4 rings (SSSR count). The van der Waals surface area contributed by atoms with E-state index in [1.807, 2.05) is 59.4 Å². The topological polar surface area (TPSA) is 65.4 Å². The van der Waals surface area contributed by atoms with E-state index in [4.69, 9.17) is 9.47 Å². The molecule has 2 heterocycles. The van der Waals surface area contributed by atoms with Gasteiger partial charge in [0, 0.05) is 29.5 Å². The number of amides is 1. The predicted octanol–water partition coefficient (Wildman–Crippen LogP) is 3.42. The fourth-order valence-corrected chi connectivity index (χ4v) is 3.53. The summed E-state index contributed by atoms with van der Waals surface area (Å²) in [5, 5.41) is 7.51. The molecule has 0 spiro atoms. The number of ether oxygens (including phenoxy) is 2. The second kappa shape index (κ2) is 7.15. The van der Waals surface area contributed by atoms with E-state index in [9.17, 15) is 4.79 Å². The van der Waals surface area contributed by atoms with Crippen LogP contribution in [-0.2, 0) is 11.3 Å². The summed E-state index contributed by atoms with van der Waals surface area (Å²) >= 11 is 0. The van der Waals surface area contributed by atoms with Gasteiger partial charge in [-0.3, -0.25) is 4.79 Å². The predicted molar refractivity (Wildman–Crippen MR) is 102 cm³/mol. The second-order valence-corrected chi connectivity index (χ2v) is 6.50. The molecule has 0 radical (unpaired) electrons. The Morgan fingerprint density at radius 3 is 2.67 bits per heavy atom. The molecular weight excluding hydrogens is 342 g/mol. The van der Waals surface area contributed by atoms with Gasteiger partial charge in [0.25, 0.3) is 0 Å². The summed E-state index contributed by atoms with van der Waals surface area (Å²) in [6.07, 6.45) is 2.19. The van der Waals surface area contributed by atoms with Gasteiger partial charge in [-0.05, 0) is 11.6 Å². The number of rotatable bonds is 5. The number of fused-ring (bicyclic) bond motifs is 1. The first-order valence-corrected chi connectivity index (χ1v) is 8.81. The molecule has 27 heavy (non-hydrogen) atoms. The number of anilines is 1. The molecule has 0 aliphatic carbocycles. The minimum Gasteiger partial charge on any atom is -0.497 e. The Morgan fingerprint density at radius 1 is 1.11 bits per heavy atom. The number of methoxy groups -OCH3 is 2. The third kappa shape index (κ3) is 3.26. The first-order chi connectivity index (χ1) is 13.2. The summed E-state index contributed by atoms with van der Waals surface area (Å²) < 4.78 is 12.7. The van der Waals surface area contributed by atoms with Crippen LogP contribution < -0.4 is 14.8 Å². The lowest BCUT2D eigenvalue weighted by Crippen LogP contribution is -2.25. The average Bonchev–Trinajstić information content (AvgIpc) is 3.10. The molecule has 1 N–H and O–H groups in total. The van der Waals surface area contributed by atoms with Crippen LogP contribution in [0.25, 0.3) is 0 Å². The van der Waals surface area contributed by atoms with Gasteiger partial charge in [-0.2, -0.15) is 5.10 Å². The number of hydrogen-bond acceptors (Lipinski definition) is 4. The molecule has 1 aliphatic heterocycles. The lowest BCUT2D eigenvalue weighted by molar-refractivity contribution is -0.116. The van der Waals surface area contributed by atoms with Crippen LogP contribution in [0.15, 0.2) is 54.7 Å². The fourth-order valence-electron chi connectivity index (χ4n) is 3.53. The maximum Gasteiger partial charge on any atom is 0.226 e. The minimum absolute atomic E-state index is 0.0276. The van der Waals surface area contributed by atoms with Crippen LogP contribution in [0, 0.1) is 0 Å². The van der Waals surface area contributed by atoms with Gasteiger partial charge in [-0.1, -0.05) is 36.4 Å². The van der Waals surface area contributed by atoms with Crippen LogP contribution >= 0.6 is 0 Å². The van der Waals surface area contributed by atoms with E-state index in [1.165, 1.54) is 0 Å². The van der Waals surface area contributed by atoms with Crippen molar-refractivity contribution in [3.8, 4) is 11.5 Å². The number of carbonyl (C=O) groups excluding carboxylic acids is 1. The molecular formula is C21H21N3O3. The highest BCUT2D eigenvalue weighted by Crippen LogP contribution is 2.41. The first kappa shape index (κ1) is 17.1. The van der Waals surface area contributed by atoms with Gasteiger partial charge in [-0.25, -0.2) is 4.68 Å². The maximum atomic E-state index is 12.4. The van der Waals surface area contributed by atoms with Gasteiger partial charge in [0.05, 0.1) is 27.0 Å². The molecule has 0 unspecified atom stereocenters. The summed E-state index contributed by atoms with van der Waals surface area (Å²) in [7, 11) is 3.25. The number of nitrogens with zero attached hydrogens (tertiary/aromatic N) is 2. The molecule has 1 amide bonds. The monoisotopic (exact) mass is 363 g/mol. The molecule has 3 aromatic rings. The molecule has 1 aliphatic rings. The zero-order chi connectivity index (χ0) is 18.8. The van der Waals surface area contributed by atoms with Crippen molar-refractivity contribution in [3.63, 3.8) is 0 Å². The van der Waals surface area contributed by atoms with E-state index < -0.39 is 0 Å². The number of aromatic nitrogens is 2. The van der Waals surface area contributed by atoms with Gasteiger partial charge in [0.15, 0.2) is 0 Å². The molecule has 138 valence electrons. The quantitative estimate of drug-likeness (QED) is 0.754. The van der Waals surface area contributed by atoms with E-state index in [-0.39, 0.29) is 11.8 Å². The lowest BCUT2D eigenvalue weighted by Gasteiger charge is -2.25. The normalized spacial score (nSPS) is 15.8. The molecule has 6 nitrogen and oxygen atoms in total. The van der Waals surface area contributed by atoms with Crippen molar-refractivity contribution in [3.05, 3.63) is 71.4 Å². The van der Waals surface area contributed by atoms with Crippen LogP contribution in [0.2, 0.25) is 0 Å². The average molecular weight is 363 g/mol. The highest BCUT2D eigenvalue weighted by atomic mass is 16.5. The third-order valence-electron chi connectivity index (χ3n) is 4.88. The maximum absolute atomic E-state index is 12.4. The smallest absolute Gasteiger partial charge is 0.226 e. The molecule has 6 heteroatoms. The van der Waals surface area contributed by atoms with Crippen LogP contribution in [0.4, 0.5) is 5.82 Å². The largest absolute Gasteiger partial charge is 0.497 e. The Balaban J connectivity index is 1.73. The van der Waals surface area contributed by atoms with Crippen LogP contribution in [-0.4, -0.2) is 29.9 Å². The Labute approximate surface area is 157 Å². The third-order valence-corrected chi connectivity index (χ3v) is 4.88. The SMILES string of the molecule is COc1ccc([C@H]2CC(=O)Nc3c2cnn3Cc2ccccc2)c(OC)c1. The van der Waals surface area contributed by atoms with Crippen LogP contribution in [0.3, 0.4) is 0 Å². The Bertz CT molecular complexity index is 966. The summed E-state index contributed by atoms with van der Waals surface area (Å²) in [4.78, 5) is 12.4. The zero-order valence-electron chi connectivity index (χ0n) is 15.3. The van der Waals surface area contributed by atoms with Gasteiger partial charge in [-0.15, -0.1) is 0 Å². The van der Waals surface area contributed by atoms with Crippen molar-refractivity contribution >= 4 is 11.7 Å². The van der Waals surface area contributed by atoms with E-state index in [0.717, 1.165) is 28.3 Å². The number of nitrogens with one attached hydrogen (secondary N) is 1. The second-order valence-electron chi connectivity index (χ2n) is 6.50. The van der Waals surface area contributed by atoms with Crippen LogP contribution in [0.5, 0.6) is 11.5 Å². The molecule has 0 saturated carbocycles. The van der Waals surface area contributed by atoms with Crippen molar-refractivity contribution in [2.75, 3.05) is 19.5 Å². The summed E-state index contributed by atoms with van der Waals surface area (Å²) in [5.41, 5.74) is 3.07. The molecule has 0 saturated heterocycles. The Morgan fingerprint density at radius 2 is 1.93 bits per heavy atom. The van der Waals surface area contributed by atoms with Gasteiger partial charge in [0.1, 0.15) is 17.3 Å². The fraction of sp³-hybridized carbons (Fsp3) is 0.238. The van der Waals surface area contributed by atoms with Crippen molar-refractivity contribution in [1.82, 2.24) is 9.78 Å². The first-order valence-electron chi connectivity index (χ1n) is 8.81. The van der Waals surface area contributed by atoms with E-state index >= 15 is 0 Å². The lowest BCUT2D eigenvalue weighted by atomic mass is 9.86. The zero-order valence-corrected chi connectivity index (χ0v) is 15.3. The van der Waals surface area contributed by atoms with E-state index in [2.05, 4.69) is 10.4 Å². The number of hydrogen-bond donors (Lipinski definition) is 1. The summed E-state index contributed by atoms with van der Waals surface area (Å²) in [6.45, 7) is 0.600. The van der Waals surface area contributed by atoms with Gasteiger partial charge >= 0.3 is 0 Å². The molecule has 0 fully saturated rings. The van der Waals surface area contributed by atoms with E-state index in [1.54, 1.807) is 14.2 Å². The van der Waals surface area contributed by atoms with E-state index in [0.29, 0.717) is 18.7 Å². The molecule has 1 aromatic heterocycles. The molecule has 0 bridgehead atoms. The highest BCUT2D eigenvalue weighted by Gasteiger charge is 2.31. The van der Waals surface area contributed by atoms with Crippen molar-refractivity contribution < 1.29 is 14.3 Å². The van der Waals surface area contributed by atoms with Crippen molar-refractivity contribution in [1.29, 1.82) is 0 Å². The van der Waals surface area contributed by atoms with Gasteiger partial charge < -0.3 is 14.8 Å². The standard InChI is InChI=1S/C21H21N3O3/c1-26-15-8-9-16(19(10-15)27-2)17-11-20(25)23-21-18(17)12-22-24(21)13-14-6-4-3-5-7-14/h3-10,12,17H,11,13H2,1-2H3,(H,23,25)/t17-/m1/s1. The molecule has 2 aromatic carbocycles. The minimum atomic E-state index is -0.112. The number of benzene rings is 2. The molecule has 1 atom stereocenters.